The Morgan fingerprint density at radius 2 is 1.59 bits per heavy atom. The molecule has 164 valence electrons. The second kappa shape index (κ2) is 11.4. The van der Waals surface area contributed by atoms with E-state index >= 15 is 0 Å². The Morgan fingerprint density at radius 1 is 0.906 bits per heavy atom. The number of hydrogen-bond donors (Lipinski definition) is 1. The number of benzene rings is 3. The van der Waals surface area contributed by atoms with Gasteiger partial charge in [-0.1, -0.05) is 25.1 Å². The second-order valence-electron chi connectivity index (χ2n) is 6.85. The van der Waals surface area contributed by atoms with Crippen LogP contribution in [0.25, 0.3) is 6.08 Å². The minimum atomic E-state index is -0.522. The molecular weight excluding hydrogens is 406 g/mol. The number of nitrogens with one attached hydrogen (secondary N) is 1. The number of anilines is 1. The van der Waals surface area contributed by atoms with Crippen molar-refractivity contribution in [1.29, 1.82) is 0 Å². The summed E-state index contributed by atoms with van der Waals surface area (Å²) in [6, 6.07) is 20.9. The van der Waals surface area contributed by atoms with E-state index in [0.717, 1.165) is 12.0 Å². The second-order valence-corrected chi connectivity index (χ2v) is 6.85. The normalized spacial score (nSPS) is 10.6. The lowest BCUT2D eigenvalue weighted by molar-refractivity contribution is -0.128. The molecule has 1 amide bonds. The third-order valence-electron chi connectivity index (χ3n) is 4.46. The lowest BCUT2D eigenvalue weighted by Crippen LogP contribution is -2.12. The van der Waals surface area contributed by atoms with Crippen molar-refractivity contribution >= 4 is 23.6 Å². The lowest BCUT2D eigenvalue weighted by Gasteiger charge is -2.08. The molecule has 3 aromatic carbocycles. The maximum absolute atomic E-state index is 12.4. The minimum absolute atomic E-state index is 0.267. The fourth-order valence-electron chi connectivity index (χ4n) is 2.82. The van der Waals surface area contributed by atoms with E-state index in [1.807, 2.05) is 31.2 Å². The van der Waals surface area contributed by atoms with Crippen LogP contribution in [0.15, 0.2) is 78.9 Å². The number of esters is 1. The number of methoxy groups -OCH3 is 1. The third-order valence-corrected chi connectivity index (χ3v) is 4.46. The highest BCUT2D eigenvalue weighted by molar-refractivity contribution is 6.04. The molecule has 3 rings (SSSR count). The molecule has 32 heavy (non-hydrogen) atoms. The van der Waals surface area contributed by atoms with Crippen LogP contribution in [0.3, 0.4) is 0 Å². The molecule has 0 aromatic heterocycles. The lowest BCUT2D eigenvalue weighted by atomic mass is 10.2. The highest BCUT2D eigenvalue weighted by Gasteiger charge is 2.08. The van der Waals surface area contributed by atoms with Gasteiger partial charge in [0.15, 0.2) is 0 Å². The Bertz CT molecular complexity index is 1070. The zero-order valence-corrected chi connectivity index (χ0v) is 18.0. The third kappa shape index (κ3) is 6.47. The van der Waals surface area contributed by atoms with Gasteiger partial charge in [-0.25, -0.2) is 4.79 Å². The van der Waals surface area contributed by atoms with E-state index in [4.69, 9.17) is 14.2 Å². The maximum Gasteiger partial charge on any atom is 0.336 e. The summed E-state index contributed by atoms with van der Waals surface area (Å²) in [6.07, 6.45) is 3.90. The van der Waals surface area contributed by atoms with Crippen LogP contribution >= 0.6 is 0 Å². The van der Waals surface area contributed by atoms with Crippen LogP contribution in [0.1, 0.15) is 29.3 Å². The largest absolute Gasteiger partial charge is 0.497 e. The van der Waals surface area contributed by atoms with Gasteiger partial charge in [0, 0.05) is 22.9 Å². The van der Waals surface area contributed by atoms with Gasteiger partial charge in [-0.3, -0.25) is 4.79 Å². The number of carbonyl (C=O) groups excluding carboxylic acids is 2. The van der Waals surface area contributed by atoms with Crippen LogP contribution in [-0.2, 0) is 4.79 Å². The number of para-hydroxylation sites is 1. The van der Waals surface area contributed by atoms with E-state index in [1.54, 1.807) is 61.7 Å². The summed E-state index contributed by atoms with van der Waals surface area (Å²) in [7, 11) is 1.58. The minimum Gasteiger partial charge on any atom is -0.497 e. The molecule has 0 radical (unpaired) electrons. The number of hydrogen-bond acceptors (Lipinski definition) is 5. The molecule has 6 nitrogen and oxygen atoms in total. The van der Waals surface area contributed by atoms with Gasteiger partial charge < -0.3 is 19.5 Å². The van der Waals surface area contributed by atoms with Gasteiger partial charge in [0.25, 0.3) is 5.91 Å². The summed E-state index contributed by atoms with van der Waals surface area (Å²) in [5.74, 6) is 0.976. The highest BCUT2D eigenvalue weighted by atomic mass is 16.5. The van der Waals surface area contributed by atoms with Crippen molar-refractivity contribution in [3.63, 3.8) is 0 Å². The van der Waals surface area contributed by atoms with Crippen molar-refractivity contribution in [2.75, 3.05) is 19.0 Å². The van der Waals surface area contributed by atoms with Crippen LogP contribution in [0.2, 0.25) is 0 Å². The smallest absolute Gasteiger partial charge is 0.336 e. The summed E-state index contributed by atoms with van der Waals surface area (Å²) in [4.78, 5) is 24.6. The molecule has 0 aliphatic carbocycles. The van der Waals surface area contributed by atoms with E-state index in [0.29, 0.717) is 35.1 Å². The predicted molar refractivity (Wildman–Crippen MR) is 124 cm³/mol. The Balaban J connectivity index is 1.57. The van der Waals surface area contributed by atoms with Crippen LogP contribution in [-0.4, -0.2) is 25.6 Å². The van der Waals surface area contributed by atoms with E-state index in [2.05, 4.69) is 5.32 Å². The summed E-state index contributed by atoms with van der Waals surface area (Å²) in [5, 5.41) is 2.80. The summed E-state index contributed by atoms with van der Waals surface area (Å²) in [6.45, 7) is 2.64. The Labute approximate surface area is 187 Å². The van der Waals surface area contributed by atoms with Crippen LogP contribution < -0.4 is 19.5 Å². The van der Waals surface area contributed by atoms with Gasteiger partial charge >= 0.3 is 5.97 Å². The maximum atomic E-state index is 12.4. The van der Waals surface area contributed by atoms with Crippen molar-refractivity contribution in [3.8, 4) is 17.2 Å². The number of carbonyl (C=O) groups is 2. The van der Waals surface area contributed by atoms with Gasteiger partial charge in [0.1, 0.15) is 17.2 Å². The van der Waals surface area contributed by atoms with E-state index in [9.17, 15) is 9.59 Å². The quantitative estimate of drug-likeness (QED) is 0.281. The van der Waals surface area contributed by atoms with Gasteiger partial charge in [0.2, 0.25) is 0 Å². The van der Waals surface area contributed by atoms with Crippen molar-refractivity contribution in [2.45, 2.75) is 13.3 Å². The van der Waals surface area contributed by atoms with Gasteiger partial charge in [-0.05, 0) is 67.1 Å². The average molecular weight is 431 g/mol. The Morgan fingerprint density at radius 3 is 2.28 bits per heavy atom. The monoisotopic (exact) mass is 431 g/mol. The van der Waals surface area contributed by atoms with Crippen LogP contribution in [0, 0.1) is 0 Å². The van der Waals surface area contributed by atoms with E-state index < -0.39 is 5.97 Å². The first-order valence-electron chi connectivity index (χ1n) is 10.3. The number of rotatable bonds is 9. The molecule has 0 bridgehead atoms. The molecule has 3 aromatic rings. The topological polar surface area (TPSA) is 73.9 Å². The van der Waals surface area contributed by atoms with Crippen molar-refractivity contribution in [3.05, 3.63) is 90.0 Å². The first-order valence-corrected chi connectivity index (χ1v) is 10.3. The molecule has 0 saturated carbocycles. The molecule has 0 saturated heterocycles. The molecule has 6 heteroatoms. The van der Waals surface area contributed by atoms with Crippen molar-refractivity contribution in [1.82, 2.24) is 0 Å². The zero-order chi connectivity index (χ0) is 22.8. The van der Waals surface area contributed by atoms with E-state index in [-0.39, 0.29) is 5.91 Å². The summed E-state index contributed by atoms with van der Waals surface area (Å²) >= 11 is 0. The standard InChI is InChI=1S/C26H25NO5/c1-3-18-31-24-7-5-4-6-19(24)10-17-25(28)32-23-13-8-20(9-14-23)26(29)27-21-11-15-22(30-2)16-12-21/h4-17H,3,18H2,1-2H3,(H,27,29)/b17-10+. The number of ether oxygens (including phenoxy) is 3. The van der Waals surface area contributed by atoms with E-state index in [1.165, 1.54) is 6.08 Å². The molecule has 0 heterocycles. The fraction of sp³-hybridized carbons (Fsp3) is 0.154. The predicted octanol–water partition coefficient (Wildman–Crippen LogP) is 5.36. The fourth-order valence-corrected chi connectivity index (χ4v) is 2.82. The van der Waals surface area contributed by atoms with Crippen LogP contribution in [0.4, 0.5) is 5.69 Å². The molecule has 1 N–H and O–H groups in total. The highest BCUT2D eigenvalue weighted by Crippen LogP contribution is 2.20. The van der Waals surface area contributed by atoms with Gasteiger partial charge in [-0.15, -0.1) is 0 Å². The van der Waals surface area contributed by atoms with Gasteiger partial charge in [-0.2, -0.15) is 0 Å². The molecule has 0 atom stereocenters. The molecular formula is C26H25NO5. The molecule has 0 spiro atoms. The molecule has 0 fully saturated rings. The first-order chi connectivity index (χ1) is 15.6. The number of amides is 1. The van der Waals surface area contributed by atoms with Crippen molar-refractivity contribution < 1.29 is 23.8 Å². The SMILES string of the molecule is CCCOc1ccccc1/C=C/C(=O)Oc1ccc(C(=O)Nc2ccc(OC)cc2)cc1. The van der Waals surface area contributed by atoms with Crippen molar-refractivity contribution in [2.24, 2.45) is 0 Å². The Hall–Kier alpha value is -4.06. The van der Waals surface area contributed by atoms with Crippen LogP contribution in [0.5, 0.6) is 17.2 Å². The Kier molecular flexibility index (Phi) is 8.03. The molecule has 0 aliphatic heterocycles. The zero-order valence-electron chi connectivity index (χ0n) is 18.0. The molecule has 0 unspecified atom stereocenters. The first kappa shape index (κ1) is 22.6. The van der Waals surface area contributed by atoms with Gasteiger partial charge in [0.05, 0.1) is 13.7 Å². The summed E-state index contributed by atoms with van der Waals surface area (Å²) in [5.41, 5.74) is 1.89. The molecule has 0 aliphatic rings. The average Bonchev–Trinajstić information content (AvgIpc) is 2.83. The summed E-state index contributed by atoms with van der Waals surface area (Å²) < 4.78 is 16.1.